The van der Waals surface area contributed by atoms with Crippen LogP contribution in [0.1, 0.15) is 40.5 Å². The lowest BCUT2D eigenvalue weighted by Crippen LogP contribution is -2.08. The van der Waals surface area contributed by atoms with Crippen LogP contribution >= 0.6 is 0 Å². The molecule has 0 aromatic heterocycles. The van der Waals surface area contributed by atoms with Gasteiger partial charge in [-0.05, 0) is 18.6 Å². The molecule has 18 heavy (non-hydrogen) atoms. The van der Waals surface area contributed by atoms with Gasteiger partial charge in [0.15, 0.2) is 0 Å². The largest absolute Gasteiger partial charge is 0.507 e. The monoisotopic (exact) mass is 254 g/mol. The van der Waals surface area contributed by atoms with Gasteiger partial charge in [0.05, 0.1) is 6.61 Å². The van der Waals surface area contributed by atoms with Crippen LogP contribution in [0.4, 0.5) is 0 Å². The molecule has 6 nitrogen and oxygen atoms in total. The van der Waals surface area contributed by atoms with Crippen molar-refractivity contribution in [3.8, 4) is 11.5 Å². The molecule has 0 bridgehead atoms. The van der Waals surface area contributed by atoms with E-state index in [1.54, 1.807) is 0 Å². The molecule has 0 amide bonds. The quantitative estimate of drug-likeness (QED) is 0.420. The summed E-state index contributed by atoms with van der Waals surface area (Å²) in [5, 5.41) is 27.6. The zero-order valence-electron chi connectivity index (χ0n) is 9.84. The number of carbonyl (C=O) groups is 2. The molecule has 0 aliphatic heterocycles. The summed E-state index contributed by atoms with van der Waals surface area (Å²) >= 11 is 0. The van der Waals surface area contributed by atoms with Gasteiger partial charge in [-0.25, -0.2) is 9.59 Å². The summed E-state index contributed by atoms with van der Waals surface area (Å²) in [6.45, 7) is 2.13. The van der Waals surface area contributed by atoms with Crippen LogP contribution < -0.4 is 0 Å². The maximum absolute atomic E-state index is 11.5. The smallest absolute Gasteiger partial charge is 0.342 e. The molecular formula is C12H14O6. The van der Waals surface area contributed by atoms with Gasteiger partial charge in [-0.2, -0.15) is 0 Å². The molecule has 6 heteroatoms. The molecule has 0 fully saturated rings. The van der Waals surface area contributed by atoms with Gasteiger partial charge < -0.3 is 20.1 Å². The highest BCUT2D eigenvalue weighted by Gasteiger charge is 2.19. The highest BCUT2D eigenvalue weighted by atomic mass is 16.5. The van der Waals surface area contributed by atoms with Crippen LogP contribution in [0.2, 0.25) is 0 Å². The molecule has 0 atom stereocenters. The summed E-state index contributed by atoms with van der Waals surface area (Å²) in [6.07, 6.45) is 1.54. The molecule has 0 saturated heterocycles. The number of aromatic carboxylic acids is 1. The summed E-state index contributed by atoms with van der Waals surface area (Å²) in [6, 6.07) is 1.70. The van der Waals surface area contributed by atoms with Crippen molar-refractivity contribution in [2.75, 3.05) is 6.61 Å². The topological polar surface area (TPSA) is 104 Å². The van der Waals surface area contributed by atoms with Crippen molar-refractivity contribution >= 4 is 11.9 Å². The van der Waals surface area contributed by atoms with Gasteiger partial charge >= 0.3 is 11.9 Å². The van der Waals surface area contributed by atoms with E-state index in [4.69, 9.17) is 9.84 Å². The number of phenolic OH excluding ortho intramolecular Hbond substituents is 1. The number of hydrogen-bond acceptors (Lipinski definition) is 5. The zero-order valence-corrected chi connectivity index (χ0v) is 9.84. The van der Waals surface area contributed by atoms with Crippen molar-refractivity contribution in [1.29, 1.82) is 0 Å². The number of aromatic hydroxyl groups is 2. The van der Waals surface area contributed by atoms with E-state index in [9.17, 15) is 19.8 Å². The molecule has 0 heterocycles. The second kappa shape index (κ2) is 5.90. The SMILES string of the molecule is CCCCOC(=O)c1cc(O)c(C(=O)O)cc1O. The van der Waals surface area contributed by atoms with E-state index in [0.717, 1.165) is 18.6 Å². The number of phenols is 2. The van der Waals surface area contributed by atoms with Gasteiger partial charge in [0.1, 0.15) is 22.6 Å². The Bertz CT molecular complexity index is 466. The first kappa shape index (κ1) is 13.8. The molecule has 0 aliphatic rings. The summed E-state index contributed by atoms with van der Waals surface area (Å²) < 4.78 is 4.85. The number of carboxylic acid groups (broad SMARTS) is 1. The fraction of sp³-hybridized carbons (Fsp3) is 0.333. The first-order valence-electron chi connectivity index (χ1n) is 5.43. The molecule has 0 spiro atoms. The van der Waals surface area contributed by atoms with E-state index in [-0.39, 0.29) is 12.2 Å². The van der Waals surface area contributed by atoms with E-state index in [1.807, 2.05) is 6.92 Å². The van der Waals surface area contributed by atoms with Gasteiger partial charge in [0.2, 0.25) is 0 Å². The molecule has 98 valence electrons. The molecule has 0 radical (unpaired) electrons. The Labute approximate surface area is 103 Å². The zero-order chi connectivity index (χ0) is 13.7. The second-order valence-corrected chi connectivity index (χ2v) is 3.68. The van der Waals surface area contributed by atoms with E-state index in [2.05, 4.69) is 0 Å². The van der Waals surface area contributed by atoms with Crippen LogP contribution in [0, 0.1) is 0 Å². The molecular weight excluding hydrogens is 240 g/mol. The minimum atomic E-state index is -1.39. The fourth-order valence-electron chi connectivity index (χ4n) is 1.30. The Morgan fingerprint density at radius 3 is 2.28 bits per heavy atom. The normalized spacial score (nSPS) is 10.1. The highest BCUT2D eigenvalue weighted by molar-refractivity contribution is 5.97. The Balaban J connectivity index is 2.93. The standard InChI is InChI=1S/C12H14O6/c1-2-3-4-18-12(17)8-6-9(13)7(11(15)16)5-10(8)14/h5-6,13-14H,2-4H2,1H3,(H,15,16). The molecule has 1 aromatic carbocycles. The molecule has 3 N–H and O–H groups in total. The minimum absolute atomic E-state index is 0.205. The van der Waals surface area contributed by atoms with E-state index in [1.165, 1.54) is 0 Å². The first-order chi connectivity index (χ1) is 8.47. The number of carboxylic acids is 1. The third-order valence-corrected chi connectivity index (χ3v) is 2.30. The van der Waals surface area contributed by atoms with Crippen LogP contribution in [0.3, 0.4) is 0 Å². The second-order valence-electron chi connectivity index (χ2n) is 3.68. The van der Waals surface area contributed by atoms with E-state index in [0.29, 0.717) is 6.42 Å². The molecule has 0 unspecified atom stereocenters. The van der Waals surface area contributed by atoms with Crippen molar-refractivity contribution in [3.05, 3.63) is 23.3 Å². The average Bonchev–Trinajstić information content (AvgIpc) is 2.31. The van der Waals surface area contributed by atoms with Crippen LogP contribution in [-0.4, -0.2) is 33.9 Å². The highest BCUT2D eigenvalue weighted by Crippen LogP contribution is 2.27. The maximum atomic E-state index is 11.5. The number of benzene rings is 1. The first-order valence-corrected chi connectivity index (χ1v) is 5.43. The van der Waals surface area contributed by atoms with Gasteiger partial charge in [0, 0.05) is 0 Å². The number of ether oxygens (including phenoxy) is 1. The third kappa shape index (κ3) is 3.13. The van der Waals surface area contributed by atoms with Gasteiger partial charge in [-0.3, -0.25) is 0 Å². The Hall–Kier alpha value is -2.24. The Morgan fingerprint density at radius 2 is 1.72 bits per heavy atom. The average molecular weight is 254 g/mol. The lowest BCUT2D eigenvalue weighted by atomic mass is 10.1. The van der Waals surface area contributed by atoms with Crippen molar-refractivity contribution in [2.45, 2.75) is 19.8 Å². The van der Waals surface area contributed by atoms with E-state index < -0.39 is 29.0 Å². The number of esters is 1. The van der Waals surface area contributed by atoms with Crippen molar-refractivity contribution in [2.24, 2.45) is 0 Å². The Kier molecular flexibility index (Phi) is 4.53. The van der Waals surface area contributed by atoms with Crippen LogP contribution in [0.5, 0.6) is 11.5 Å². The van der Waals surface area contributed by atoms with Crippen LogP contribution in [0.25, 0.3) is 0 Å². The van der Waals surface area contributed by atoms with Gasteiger partial charge in [0.25, 0.3) is 0 Å². The number of rotatable bonds is 5. The predicted molar refractivity (Wildman–Crippen MR) is 61.9 cm³/mol. The van der Waals surface area contributed by atoms with Crippen molar-refractivity contribution in [1.82, 2.24) is 0 Å². The van der Waals surface area contributed by atoms with Gasteiger partial charge in [-0.15, -0.1) is 0 Å². The summed E-state index contributed by atoms with van der Waals surface area (Å²) in [5.74, 6) is -3.32. The van der Waals surface area contributed by atoms with Crippen LogP contribution in [0.15, 0.2) is 12.1 Å². The number of hydrogen-bond donors (Lipinski definition) is 3. The lowest BCUT2D eigenvalue weighted by molar-refractivity contribution is 0.0494. The summed E-state index contributed by atoms with van der Waals surface area (Å²) in [5.41, 5.74) is -0.730. The van der Waals surface area contributed by atoms with Crippen molar-refractivity contribution in [3.63, 3.8) is 0 Å². The van der Waals surface area contributed by atoms with Crippen LogP contribution in [-0.2, 0) is 4.74 Å². The number of carbonyl (C=O) groups excluding carboxylic acids is 1. The molecule has 0 aliphatic carbocycles. The molecule has 1 rings (SSSR count). The third-order valence-electron chi connectivity index (χ3n) is 2.30. The summed E-state index contributed by atoms with van der Waals surface area (Å²) in [7, 11) is 0. The molecule has 1 aromatic rings. The molecule has 0 saturated carbocycles. The maximum Gasteiger partial charge on any atom is 0.342 e. The number of unbranched alkanes of at least 4 members (excludes halogenated alkanes) is 1. The predicted octanol–water partition coefficient (Wildman–Crippen LogP) is 1.75. The van der Waals surface area contributed by atoms with Crippen molar-refractivity contribution < 1.29 is 29.6 Å². The van der Waals surface area contributed by atoms with Gasteiger partial charge in [-0.1, -0.05) is 13.3 Å². The van der Waals surface area contributed by atoms with E-state index >= 15 is 0 Å². The Morgan fingerprint density at radius 1 is 1.17 bits per heavy atom. The fourth-order valence-corrected chi connectivity index (χ4v) is 1.30. The lowest BCUT2D eigenvalue weighted by Gasteiger charge is -2.07. The summed E-state index contributed by atoms with van der Waals surface area (Å²) in [4.78, 5) is 22.2. The minimum Gasteiger partial charge on any atom is -0.507 e.